The summed E-state index contributed by atoms with van der Waals surface area (Å²) in [5.74, 6) is 1.42. The molecule has 1 unspecified atom stereocenters. The lowest BCUT2D eigenvalue weighted by atomic mass is 10.1. The van der Waals surface area contributed by atoms with Gasteiger partial charge in [0.05, 0.1) is 18.3 Å². The van der Waals surface area contributed by atoms with Gasteiger partial charge < -0.3 is 10.2 Å². The third kappa shape index (κ3) is 5.28. The smallest absolute Gasteiger partial charge is 0.230 e. The van der Waals surface area contributed by atoms with Crippen LogP contribution >= 0.6 is 23.4 Å². The van der Waals surface area contributed by atoms with Crippen molar-refractivity contribution < 1.29 is 9.59 Å². The Balaban J connectivity index is 1.47. The Hall–Kier alpha value is -2.91. The number of hydrogen-bond acceptors (Lipinski definition) is 6. The number of carbonyl (C=O) groups is 2. The van der Waals surface area contributed by atoms with Crippen molar-refractivity contribution >= 4 is 35.2 Å². The summed E-state index contributed by atoms with van der Waals surface area (Å²) in [4.78, 5) is 30.8. The van der Waals surface area contributed by atoms with Crippen LogP contribution in [-0.2, 0) is 16.1 Å². The van der Waals surface area contributed by atoms with Gasteiger partial charge >= 0.3 is 0 Å². The summed E-state index contributed by atoms with van der Waals surface area (Å²) in [5, 5.41) is 12.7. The number of amides is 2. The fourth-order valence-corrected chi connectivity index (χ4v) is 4.50. The maximum absolute atomic E-state index is 12.6. The zero-order valence-electron chi connectivity index (χ0n) is 17.6. The summed E-state index contributed by atoms with van der Waals surface area (Å²) >= 11 is 7.33. The van der Waals surface area contributed by atoms with Gasteiger partial charge in [0.15, 0.2) is 11.0 Å². The summed E-state index contributed by atoms with van der Waals surface area (Å²) in [5.41, 5.74) is 0.935. The first-order valence-corrected chi connectivity index (χ1v) is 11.7. The maximum Gasteiger partial charge on any atom is 0.230 e. The van der Waals surface area contributed by atoms with Crippen LogP contribution in [0, 0.1) is 0 Å². The molecular weight excluding hydrogens is 448 g/mol. The first kappa shape index (κ1) is 22.3. The first-order valence-electron chi connectivity index (χ1n) is 10.3. The molecule has 1 atom stereocenters. The number of halogens is 1. The van der Waals surface area contributed by atoms with Gasteiger partial charge in [0.25, 0.3) is 0 Å². The predicted octanol–water partition coefficient (Wildman–Crippen LogP) is 3.41. The van der Waals surface area contributed by atoms with E-state index in [9.17, 15) is 9.59 Å². The van der Waals surface area contributed by atoms with E-state index in [4.69, 9.17) is 11.6 Å². The van der Waals surface area contributed by atoms with Crippen LogP contribution < -0.4 is 5.32 Å². The van der Waals surface area contributed by atoms with E-state index >= 15 is 0 Å². The molecule has 3 heterocycles. The Morgan fingerprint density at radius 2 is 2.12 bits per heavy atom. The minimum absolute atomic E-state index is 0.115. The van der Waals surface area contributed by atoms with Crippen LogP contribution in [0.2, 0.25) is 5.02 Å². The van der Waals surface area contributed by atoms with Gasteiger partial charge in [-0.25, -0.2) is 4.98 Å². The van der Waals surface area contributed by atoms with Crippen LogP contribution in [0.3, 0.4) is 0 Å². The van der Waals surface area contributed by atoms with Crippen LogP contribution in [0.1, 0.15) is 37.2 Å². The highest BCUT2D eigenvalue weighted by molar-refractivity contribution is 7.99. The average Bonchev–Trinajstić information content (AvgIpc) is 3.39. The number of thioether (sulfide) groups is 1. The van der Waals surface area contributed by atoms with E-state index < -0.39 is 0 Å². The number of rotatable bonds is 8. The van der Waals surface area contributed by atoms with E-state index in [2.05, 4.69) is 20.5 Å². The van der Waals surface area contributed by atoms with Gasteiger partial charge in [0, 0.05) is 24.2 Å². The summed E-state index contributed by atoms with van der Waals surface area (Å²) < 4.78 is 1.81. The van der Waals surface area contributed by atoms with Gasteiger partial charge in [-0.1, -0.05) is 41.6 Å². The van der Waals surface area contributed by atoms with E-state index in [-0.39, 0.29) is 23.6 Å². The molecule has 4 rings (SSSR count). The van der Waals surface area contributed by atoms with Gasteiger partial charge in [-0.05, 0) is 43.2 Å². The molecule has 0 bridgehead atoms. The molecule has 10 heteroatoms. The second kappa shape index (κ2) is 10.1. The Morgan fingerprint density at radius 3 is 2.84 bits per heavy atom. The van der Waals surface area contributed by atoms with Crippen molar-refractivity contribution in [3.05, 3.63) is 65.1 Å². The molecule has 1 saturated heterocycles. The molecule has 2 amide bonds. The fourth-order valence-electron chi connectivity index (χ4n) is 3.53. The lowest BCUT2D eigenvalue weighted by Crippen LogP contribution is -2.28. The summed E-state index contributed by atoms with van der Waals surface area (Å²) in [6.07, 6.45) is 3.10. The molecule has 166 valence electrons. The van der Waals surface area contributed by atoms with Crippen molar-refractivity contribution in [2.24, 2.45) is 0 Å². The lowest BCUT2D eigenvalue weighted by Gasteiger charge is -2.16. The molecule has 3 aromatic rings. The van der Waals surface area contributed by atoms with Crippen molar-refractivity contribution in [1.82, 2.24) is 30.0 Å². The molecule has 1 N–H and O–H groups in total. The second-order valence-electron chi connectivity index (χ2n) is 7.47. The molecule has 1 aliphatic rings. The summed E-state index contributed by atoms with van der Waals surface area (Å²) in [6.45, 7) is 2.98. The fraction of sp³-hybridized carbons (Fsp3) is 0.318. The molecule has 1 fully saturated rings. The Morgan fingerprint density at radius 1 is 1.25 bits per heavy atom. The van der Waals surface area contributed by atoms with Crippen molar-refractivity contribution in [3.8, 4) is 5.82 Å². The highest BCUT2D eigenvalue weighted by Gasteiger charge is 2.24. The number of likely N-dealkylation sites (tertiary alicyclic amines) is 1. The van der Waals surface area contributed by atoms with Gasteiger partial charge in [0.2, 0.25) is 11.8 Å². The van der Waals surface area contributed by atoms with Crippen LogP contribution in [0.4, 0.5) is 0 Å². The number of aromatic nitrogens is 4. The van der Waals surface area contributed by atoms with Crippen LogP contribution in [0.15, 0.2) is 53.8 Å². The van der Waals surface area contributed by atoms with Crippen LogP contribution in [0.25, 0.3) is 5.82 Å². The number of carbonyl (C=O) groups excluding carboxylic acids is 2. The van der Waals surface area contributed by atoms with Crippen molar-refractivity contribution in [1.29, 1.82) is 0 Å². The number of benzene rings is 1. The van der Waals surface area contributed by atoms with Crippen molar-refractivity contribution in [3.63, 3.8) is 0 Å². The molecule has 32 heavy (non-hydrogen) atoms. The highest BCUT2D eigenvalue weighted by atomic mass is 35.5. The molecule has 0 spiro atoms. The monoisotopic (exact) mass is 470 g/mol. The standard InChI is InChI=1S/C22H23ClN6O2S/c1-15(16-6-4-7-17(23)12-16)25-20(30)14-32-22-27-26-19(13-28-11-5-9-21(28)31)29(22)18-8-2-3-10-24-18/h2-4,6-8,10,12,15H,5,9,11,13-14H2,1H3,(H,25,30). The SMILES string of the molecule is CC(NC(=O)CSc1nnc(CN2CCCC2=O)n1-c1ccccn1)c1cccc(Cl)c1. The Bertz CT molecular complexity index is 1110. The van der Waals surface area contributed by atoms with Crippen LogP contribution in [-0.4, -0.2) is 48.8 Å². The van der Waals surface area contributed by atoms with Crippen molar-refractivity contribution in [2.45, 2.75) is 37.5 Å². The van der Waals surface area contributed by atoms with Crippen LogP contribution in [0.5, 0.6) is 0 Å². The van der Waals surface area contributed by atoms with Gasteiger partial charge in [-0.15, -0.1) is 10.2 Å². The average molecular weight is 471 g/mol. The minimum atomic E-state index is -0.174. The van der Waals surface area contributed by atoms with Gasteiger partial charge in [0.1, 0.15) is 5.82 Å². The molecule has 2 aromatic heterocycles. The van der Waals surface area contributed by atoms with Gasteiger partial charge in [-0.3, -0.25) is 14.2 Å². The van der Waals surface area contributed by atoms with E-state index in [1.165, 1.54) is 11.8 Å². The van der Waals surface area contributed by atoms with E-state index in [0.717, 1.165) is 12.0 Å². The quantitative estimate of drug-likeness (QED) is 0.507. The molecule has 1 aliphatic heterocycles. The molecule has 1 aromatic carbocycles. The number of nitrogens with zero attached hydrogens (tertiary/aromatic N) is 5. The Labute approximate surface area is 195 Å². The second-order valence-corrected chi connectivity index (χ2v) is 8.85. The van der Waals surface area contributed by atoms with Gasteiger partial charge in [-0.2, -0.15) is 0 Å². The third-order valence-electron chi connectivity index (χ3n) is 5.14. The topological polar surface area (TPSA) is 93.0 Å². The van der Waals surface area contributed by atoms with E-state index in [1.807, 2.05) is 47.9 Å². The largest absolute Gasteiger partial charge is 0.349 e. The normalized spacial score (nSPS) is 14.6. The molecule has 0 saturated carbocycles. The lowest BCUT2D eigenvalue weighted by molar-refractivity contribution is -0.128. The third-order valence-corrected chi connectivity index (χ3v) is 6.30. The molecular formula is C22H23ClN6O2S. The Kier molecular flexibility index (Phi) is 7.06. The van der Waals surface area contributed by atoms with E-state index in [0.29, 0.717) is 41.3 Å². The number of nitrogens with one attached hydrogen (secondary N) is 1. The molecule has 0 aliphatic carbocycles. The zero-order valence-corrected chi connectivity index (χ0v) is 19.1. The summed E-state index contributed by atoms with van der Waals surface area (Å²) in [7, 11) is 0. The summed E-state index contributed by atoms with van der Waals surface area (Å²) in [6, 6.07) is 12.8. The number of hydrogen-bond donors (Lipinski definition) is 1. The predicted molar refractivity (Wildman–Crippen MR) is 123 cm³/mol. The van der Waals surface area contributed by atoms with Crippen molar-refractivity contribution in [2.75, 3.05) is 12.3 Å². The highest BCUT2D eigenvalue weighted by Crippen LogP contribution is 2.23. The minimum Gasteiger partial charge on any atom is -0.349 e. The maximum atomic E-state index is 12.6. The van der Waals surface area contributed by atoms with E-state index in [1.54, 1.807) is 17.2 Å². The molecule has 0 radical (unpaired) electrons. The molecule has 8 nitrogen and oxygen atoms in total. The first-order chi connectivity index (χ1) is 15.5. The number of pyridine rings is 1. The zero-order chi connectivity index (χ0) is 22.5.